The zero-order valence-electron chi connectivity index (χ0n) is 9.76. The number of rotatable bonds is 5. The van der Waals surface area contributed by atoms with Gasteiger partial charge in [0.05, 0.1) is 0 Å². The topological polar surface area (TPSA) is 12.0 Å². The van der Waals surface area contributed by atoms with E-state index in [2.05, 4.69) is 26.1 Å². The van der Waals surface area contributed by atoms with Gasteiger partial charge in [-0.2, -0.15) is 0 Å². The smallest absolute Gasteiger partial charge is 0.126 e. The van der Waals surface area contributed by atoms with Crippen LogP contribution in [0.4, 0.5) is 4.39 Å². The van der Waals surface area contributed by atoms with Crippen molar-refractivity contribution in [1.29, 1.82) is 0 Å². The molecule has 2 atom stereocenters. The number of hydrogen-bond donors (Lipinski definition) is 1. The summed E-state index contributed by atoms with van der Waals surface area (Å²) >= 11 is 0. The van der Waals surface area contributed by atoms with Gasteiger partial charge in [-0.05, 0) is 30.5 Å². The van der Waals surface area contributed by atoms with Crippen molar-refractivity contribution in [2.24, 2.45) is 0 Å². The molecule has 1 N–H and O–H groups in total. The largest absolute Gasteiger partial charge is 0.314 e. The second-order valence-corrected chi connectivity index (χ2v) is 3.88. The lowest BCUT2D eigenvalue weighted by atomic mass is 9.91. The summed E-state index contributed by atoms with van der Waals surface area (Å²) in [6.07, 6.45) is 1.02. The average molecular weight is 209 g/mol. The molecule has 0 aliphatic carbocycles. The summed E-state index contributed by atoms with van der Waals surface area (Å²) in [6, 6.07) is 7.39. The maximum Gasteiger partial charge on any atom is 0.126 e. The van der Waals surface area contributed by atoms with Crippen LogP contribution in [0.1, 0.15) is 38.7 Å². The van der Waals surface area contributed by atoms with Gasteiger partial charge in [0.1, 0.15) is 5.82 Å². The molecular formula is C13H20FN. The van der Waals surface area contributed by atoms with Gasteiger partial charge in [0.25, 0.3) is 0 Å². The molecular weight excluding hydrogens is 189 g/mol. The third kappa shape index (κ3) is 3.03. The van der Waals surface area contributed by atoms with Crippen LogP contribution >= 0.6 is 0 Å². The Morgan fingerprint density at radius 1 is 1.27 bits per heavy atom. The van der Waals surface area contributed by atoms with Gasteiger partial charge in [-0.3, -0.25) is 0 Å². The molecule has 0 aliphatic rings. The van der Waals surface area contributed by atoms with Crippen molar-refractivity contribution in [2.45, 2.75) is 39.2 Å². The van der Waals surface area contributed by atoms with Crippen LogP contribution in [-0.4, -0.2) is 12.6 Å². The van der Waals surface area contributed by atoms with E-state index in [4.69, 9.17) is 0 Å². The van der Waals surface area contributed by atoms with E-state index in [9.17, 15) is 4.39 Å². The maximum atomic E-state index is 13.5. The van der Waals surface area contributed by atoms with E-state index in [0.717, 1.165) is 18.5 Å². The fraction of sp³-hybridized carbons (Fsp3) is 0.538. The third-order valence-electron chi connectivity index (χ3n) is 2.91. The summed E-state index contributed by atoms with van der Waals surface area (Å²) < 4.78 is 13.5. The van der Waals surface area contributed by atoms with Crippen molar-refractivity contribution in [3.05, 3.63) is 35.6 Å². The van der Waals surface area contributed by atoms with Crippen molar-refractivity contribution in [2.75, 3.05) is 6.54 Å². The van der Waals surface area contributed by atoms with Crippen LogP contribution in [0.3, 0.4) is 0 Å². The van der Waals surface area contributed by atoms with Gasteiger partial charge in [-0.15, -0.1) is 0 Å². The predicted octanol–water partition coefficient (Wildman–Crippen LogP) is 3.32. The zero-order valence-corrected chi connectivity index (χ0v) is 9.76. The highest BCUT2D eigenvalue weighted by Gasteiger charge is 2.18. The van der Waals surface area contributed by atoms with Gasteiger partial charge in [-0.1, -0.05) is 39.0 Å². The van der Waals surface area contributed by atoms with Crippen molar-refractivity contribution >= 4 is 0 Å². The molecule has 0 amide bonds. The summed E-state index contributed by atoms with van der Waals surface area (Å²) in [7, 11) is 0. The normalized spacial score (nSPS) is 14.9. The molecule has 0 saturated carbocycles. The Morgan fingerprint density at radius 2 is 1.93 bits per heavy atom. The van der Waals surface area contributed by atoms with Gasteiger partial charge < -0.3 is 5.32 Å². The van der Waals surface area contributed by atoms with E-state index < -0.39 is 0 Å². The van der Waals surface area contributed by atoms with Crippen molar-refractivity contribution in [1.82, 2.24) is 5.32 Å². The Hall–Kier alpha value is -0.890. The highest BCUT2D eigenvalue weighted by molar-refractivity contribution is 5.22. The van der Waals surface area contributed by atoms with Gasteiger partial charge in [0, 0.05) is 6.04 Å². The Morgan fingerprint density at radius 3 is 2.47 bits per heavy atom. The summed E-state index contributed by atoms with van der Waals surface area (Å²) in [5.41, 5.74) is 0.810. The fourth-order valence-corrected chi connectivity index (χ4v) is 2.00. The van der Waals surface area contributed by atoms with E-state index in [-0.39, 0.29) is 11.7 Å². The minimum absolute atomic E-state index is 0.0960. The Labute approximate surface area is 91.7 Å². The van der Waals surface area contributed by atoms with E-state index >= 15 is 0 Å². The quantitative estimate of drug-likeness (QED) is 0.784. The van der Waals surface area contributed by atoms with Crippen LogP contribution in [-0.2, 0) is 0 Å². The van der Waals surface area contributed by atoms with Crippen molar-refractivity contribution in [3.8, 4) is 0 Å². The average Bonchev–Trinajstić information content (AvgIpc) is 2.25. The lowest BCUT2D eigenvalue weighted by molar-refractivity contribution is 0.436. The molecule has 84 valence electrons. The number of hydrogen-bond acceptors (Lipinski definition) is 1. The Bertz CT molecular complexity index is 298. The Balaban J connectivity index is 2.82. The molecule has 1 aromatic carbocycles. The van der Waals surface area contributed by atoms with Crippen molar-refractivity contribution < 1.29 is 4.39 Å². The summed E-state index contributed by atoms with van der Waals surface area (Å²) in [5, 5.41) is 3.39. The van der Waals surface area contributed by atoms with Crippen LogP contribution in [0.5, 0.6) is 0 Å². The number of halogens is 1. The number of likely N-dealkylation sites (N-methyl/N-ethyl adjacent to an activating group) is 1. The van der Waals surface area contributed by atoms with Crippen LogP contribution in [0, 0.1) is 5.82 Å². The van der Waals surface area contributed by atoms with E-state index in [1.54, 1.807) is 6.07 Å². The van der Waals surface area contributed by atoms with Crippen LogP contribution in [0.2, 0.25) is 0 Å². The van der Waals surface area contributed by atoms with E-state index in [1.807, 2.05) is 12.1 Å². The first kappa shape index (κ1) is 12.2. The van der Waals surface area contributed by atoms with Gasteiger partial charge >= 0.3 is 0 Å². The highest BCUT2D eigenvalue weighted by Crippen LogP contribution is 2.23. The van der Waals surface area contributed by atoms with Gasteiger partial charge in [0.15, 0.2) is 0 Å². The molecule has 2 unspecified atom stereocenters. The van der Waals surface area contributed by atoms with Crippen molar-refractivity contribution in [3.63, 3.8) is 0 Å². The van der Waals surface area contributed by atoms with Crippen LogP contribution < -0.4 is 5.32 Å². The first-order valence-corrected chi connectivity index (χ1v) is 5.68. The summed E-state index contributed by atoms with van der Waals surface area (Å²) in [4.78, 5) is 0. The summed E-state index contributed by atoms with van der Waals surface area (Å²) in [6.45, 7) is 7.22. The molecule has 0 saturated heterocycles. The molecule has 0 heterocycles. The Kier molecular flexibility index (Phi) is 4.76. The molecule has 0 radical (unpaired) electrons. The summed E-state index contributed by atoms with van der Waals surface area (Å²) in [5.74, 6) is 0.123. The predicted molar refractivity (Wildman–Crippen MR) is 62.6 cm³/mol. The van der Waals surface area contributed by atoms with Gasteiger partial charge in [-0.25, -0.2) is 4.39 Å². The highest BCUT2D eigenvalue weighted by atomic mass is 19.1. The molecule has 0 bridgehead atoms. The first-order valence-electron chi connectivity index (χ1n) is 5.68. The molecule has 0 spiro atoms. The second-order valence-electron chi connectivity index (χ2n) is 3.88. The minimum atomic E-state index is -0.0960. The van der Waals surface area contributed by atoms with E-state index in [1.165, 1.54) is 6.07 Å². The van der Waals surface area contributed by atoms with Crippen LogP contribution in [0.25, 0.3) is 0 Å². The minimum Gasteiger partial charge on any atom is -0.314 e. The molecule has 0 aliphatic heterocycles. The van der Waals surface area contributed by atoms with E-state index in [0.29, 0.717) is 6.04 Å². The monoisotopic (exact) mass is 209 g/mol. The SMILES string of the molecule is CCNC(CC)C(C)c1ccccc1F. The lowest BCUT2D eigenvalue weighted by Crippen LogP contribution is -2.33. The number of nitrogens with one attached hydrogen (secondary N) is 1. The molecule has 15 heavy (non-hydrogen) atoms. The molecule has 1 rings (SSSR count). The molecule has 1 nitrogen and oxygen atoms in total. The number of benzene rings is 1. The maximum absolute atomic E-state index is 13.5. The first-order chi connectivity index (χ1) is 7.20. The molecule has 1 aromatic rings. The fourth-order valence-electron chi connectivity index (χ4n) is 2.00. The molecule has 0 aromatic heterocycles. The van der Waals surface area contributed by atoms with Crippen LogP contribution in [0.15, 0.2) is 24.3 Å². The zero-order chi connectivity index (χ0) is 11.3. The lowest BCUT2D eigenvalue weighted by Gasteiger charge is -2.24. The second kappa shape index (κ2) is 5.86. The molecule has 0 fully saturated rings. The van der Waals surface area contributed by atoms with Gasteiger partial charge in [0.2, 0.25) is 0 Å². The molecule has 2 heteroatoms. The third-order valence-corrected chi connectivity index (χ3v) is 2.91. The standard InChI is InChI=1S/C13H20FN/c1-4-13(15-5-2)10(3)11-8-6-7-9-12(11)14/h6-10,13,15H,4-5H2,1-3H3.